The Morgan fingerprint density at radius 1 is 1.22 bits per heavy atom. The van der Waals surface area contributed by atoms with Crippen molar-refractivity contribution in [3.63, 3.8) is 0 Å². The van der Waals surface area contributed by atoms with Crippen molar-refractivity contribution >= 4 is 23.1 Å². The van der Waals surface area contributed by atoms with Gasteiger partial charge in [-0.1, -0.05) is 0 Å². The molecule has 0 aliphatic heterocycles. The Morgan fingerprint density at radius 3 is 2.89 bits per heavy atom. The fourth-order valence-electron chi connectivity index (χ4n) is 1.90. The molecule has 3 aromatic heterocycles. The zero-order chi connectivity index (χ0) is 12.5. The molecular weight excluding hydrogens is 228 g/mol. The van der Waals surface area contributed by atoms with Crippen molar-refractivity contribution in [2.75, 3.05) is 5.73 Å². The van der Waals surface area contributed by atoms with Crippen molar-refractivity contribution in [3.05, 3.63) is 48.4 Å². The highest BCUT2D eigenvalue weighted by Crippen LogP contribution is 2.19. The van der Waals surface area contributed by atoms with E-state index < -0.39 is 0 Å². The van der Waals surface area contributed by atoms with Gasteiger partial charge < -0.3 is 10.3 Å². The second-order valence-corrected chi connectivity index (χ2v) is 3.92. The van der Waals surface area contributed by atoms with Crippen LogP contribution in [0.3, 0.4) is 0 Å². The van der Waals surface area contributed by atoms with Crippen LogP contribution in [-0.2, 0) is 0 Å². The van der Waals surface area contributed by atoms with Gasteiger partial charge in [0.25, 0.3) is 0 Å². The van der Waals surface area contributed by atoms with Gasteiger partial charge in [-0.3, -0.25) is 4.79 Å². The molecule has 0 radical (unpaired) electrons. The first-order chi connectivity index (χ1) is 8.78. The lowest BCUT2D eigenvalue weighted by atomic mass is 10.2. The normalized spacial score (nSPS) is 10.7. The Morgan fingerprint density at radius 2 is 2.11 bits per heavy atom. The first-order valence-electron chi connectivity index (χ1n) is 5.42. The summed E-state index contributed by atoms with van der Waals surface area (Å²) in [6.45, 7) is 0. The average Bonchev–Trinajstić information content (AvgIpc) is 2.81. The van der Waals surface area contributed by atoms with Gasteiger partial charge in [0.1, 0.15) is 11.5 Å². The van der Waals surface area contributed by atoms with Crippen molar-refractivity contribution in [2.45, 2.75) is 0 Å². The highest BCUT2D eigenvalue weighted by atomic mass is 16.1. The van der Waals surface area contributed by atoms with Crippen molar-refractivity contribution < 1.29 is 4.79 Å². The smallest absolute Gasteiger partial charge is 0.151 e. The van der Waals surface area contributed by atoms with Gasteiger partial charge in [0, 0.05) is 35.6 Å². The summed E-state index contributed by atoms with van der Waals surface area (Å²) >= 11 is 0. The summed E-state index contributed by atoms with van der Waals surface area (Å²) in [5.74, 6) is 0.457. The average molecular weight is 238 g/mol. The second-order valence-electron chi connectivity index (χ2n) is 3.92. The number of hydrogen-bond acceptors (Lipinski definition) is 4. The molecule has 5 nitrogen and oxygen atoms in total. The van der Waals surface area contributed by atoms with Crippen molar-refractivity contribution in [1.29, 1.82) is 0 Å². The van der Waals surface area contributed by atoms with Crippen LogP contribution >= 0.6 is 0 Å². The Hall–Kier alpha value is -2.69. The van der Waals surface area contributed by atoms with Crippen LogP contribution in [0, 0.1) is 0 Å². The molecule has 3 heterocycles. The molecular formula is C13H10N4O. The minimum absolute atomic E-state index is 0.457. The highest BCUT2D eigenvalue weighted by Gasteiger charge is 2.05. The van der Waals surface area contributed by atoms with Gasteiger partial charge in [-0.2, -0.15) is 0 Å². The third-order valence-electron chi connectivity index (χ3n) is 2.73. The number of aldehydes is 1. The van der Waals surface area contributed by atoms with E-state index in [2.05, 4.69) is 9.97 Å². The summed E-state index contributed by atoms with van der Waals surface area (Å²) < 4.78 is 1.90. The van der Waals surface area contributed by atoms with E-state index in [1.165, 1.54) is 0 Å². The second kappa shape index (κ2) is 3.96. The van der Waals surface area contributed by atoms with Gasteiger partial charge in [-0.25, -0.2) is 9.97 Å². The van der Waals surface area contributed by atoms with E-state index in [0.29, 0.717) is 11.4 Å². The topological polar surface area (TPSA) is 73.8 Å². The Balaban J connectivity index is 2.21. The number of rotatable bonds is 2. The molecule has 5 heteroatoms. The third-order valence-corrected chi connectivity index (χ3v) is 2.73. The number of carbonyl (C=O) groups excluding carboxylic acids is 1. The maximum absolute atomic E-state index is 10.7. The lowest BCUT2D eigenvalue weighted by Crippen LogP contribution is -1.97. The molecule has 0 aliphatic rings. The Bertz CT molecular complexity index is 733. The van der Waals surface area contributed by atoms with Crippen LogP contribution in [-0.4, -0.2) is 20.8 Å². The molecule has 0 fully saturated rings. The number of anilines is 1. The van der Waals surface area contributed by atoms with Gasteiger partial charge in [0.2, 0.25) is 0 Å². The number of hydrogen-bond donors (Lipinski definition) is 1. The summed E-state index contributed by atoms with van der Waals surface area (Å²) in [5, 5.41) is 0.912. The van der Waals surface area contributed by atoms with Gasteiger partial charge >= 0.3 is 0 Å². The molecule has 0 aromatic carbocycles. The van der Waals surface area contributed by atoms with Crippen LogP contribution in [0.5, 0.6) is 0 Å². The van der Waals surface area contributed by atoms with Crippen molar-refractivity contribution in [3.8, 4) is 5.69 Å². The van der Waals surface area contributed by atoms with Crippen molar-refractivity contribution in [2.24, 2.45) is 0 Å². The minimum Gasteiger partial charge on any atom is -0.384 e. The van der Waals surface area contributed by atoms with E-state index in [1.54, 1.807) is 24.5 Å². The predicted molar refractivity (Wildman–Crippen MR) is 68.7 cm³/mol. The molecule has 88 valence electrons. The monoisotopic (exact) mass is 238 g/mol. The predicted octanol–water partition coefficient (Wildman–Crippen LogP) is 1.82. The molecule has 0 saturated carbocycles. The van der Waals surface area contributed by atoms with Crippen LogP contribution in [0.25, 0.3) is 16.7 Å². The Kier molecular flexibility index (Phi) is 2.30. The molecule has 3 aromatic rings. The molecule has 2 N–H and O–H groups in total. The molecule has 0 spiro atoms. The van der Waals surface area contributed by atoms with E-state index in [4.69, 9.17) is 5.73 Å². The molecule has 0 aliphatic carbocycles. The largest absolute Gasteiger partial charge is 0.384 e. The summed E-state index contributed by atoms with van der Waals surface area (Å²) in [5.41, 5.74) is 7.90. The number of aromatic nitrogens is 3. The van der Waals surface area contributed by atoms with E-state index in [9.17, 15) is 4.79 Å². The first-order valence-corrected chi connectivity index (χ1v) is 5.42. The van der Waals surface area contributed by atoms with Gasteiger partial charge in [-0.05, 0) is 18.2 Å². The fourth-order valence-corrected chi connectivity index (χ4v) is 1.90. The van der Waals surface area contributed by atoms with Gasteiger partial charge in [0.05, 0.1) is 5.69 Å². The lowest BCUT2D eigenvalue weighted by molar-refractivity contribution is 0.112. The number of fused-ring (bicyclic) bond motifs is 1. The van der Waals surface area contributed by atoms with E-state index in [-0.39, 0.29) is 0 Å². The molecule has 0 amide bonds. The quantitative estimate of drug-likeness (QED) is 0.691. The molecule has 18 heavy (non-hydrogen) atoms. The standard InChI is InChI=1S/C13H10N4O/c14-12-6-11(1-3-15-12)17-4-2-10-5-9(8-18)7-16-13(10)17/h1-8H,(H2,14,15). The summed E-state index contributed by atoms with van der Waals surface area (Å²) in [6.07, 6.45) is 5.88. The van der Waals surface area contributed by atoms with Gasteiger partial charge in [0.15, 0.2) is 6.29 Å². The maximum Gasteiger partial charge on any atom is 0.151 e. The minimum atomic E-state index is 0.457. The fraction of sp³-hybridized carbons (Fsp3) is 0. The van der Waals surface area contributed by atoms with Crippen LogP contribution in [0.1, 0.15) is 10.4 Å². The zero-order valence-electron chi connectivity index (χ0n) is 9.45. The Labute approximate surface area is 103 Å². The number of pyridine rings is 2. The summed E-state index contributed by atoms with van der Waals surface area (Å²) in [4.78, 5) is 18.9. The van der Waals surface area contributed by atoms with Gasteiger partial charge in [-0.15, -0.1) is 0 Å². The SMILES string of the molecule is Nc1cc(-n2ccc3cc(C=O)cnc32)ccn1. The number of nitrogen functional groups attached to an aromatic ring is 1. The first kappa shape index (κ1) is 10.5. The molecule has 0 bridgehead atoms. The third kappa shape index (κ3) is 1.62. The van der Waals surface area contributed by atoms with Crippen LogP contribution in [0.2, 0.25) is 0 Å². The summed E-state index contributed by atoms with van der Waals surface area (Å²) in [7, 11) is 0. The van der Waals surface area contributed by atoms with E-state index in [0.717, 1.165) is 23.0 Å². The van der Waals surface area contributed by atoms with Crippen LogP contribution < -0.4 is 5.73 Å². The number of carbonyl (C=O) groups is 1. The lowest BCUT2D eigenvalue weighted by Gasteiger charge is -2.04. The summed E-state index contributed by atoms with van der Waals surface area (Å²) in [6, 6.07) is 7.34. The van der Waals surface area contributed by atoms with Crippen LogP contribution in [0.15, 0.2) is 42.9 Å². The number of nitrogens with two attached hydrogens (primary N) is 1. The molecule has 3 rings (SSSR count). The van der Waals surface area contributed by atoms with E-state index >= 15 is 0 Å². The molecule has 0 unspecified atom stereocenters. The zero-order valence-corrected chi connectivity index (χ0v) is 9.45. The van der Waals surface area contributed by atoms with E-state index in [1.807, 2.05) is 22.9 Å². The number of nitrogens with zero attached hydrogens (tertiary/aromatic N) is 3. The highest BCUT2D eigenvalue weighted by molar-refractivity contribution is 5.85. The maximum atomic E-state index is 10.7. The van der Waals surface area contributed by atoms with Crippen LogP contribution in [0.4, 0.5) is 5.82 Å². The molecule has 0 atom stereocenters. The van der Waals surface area contributed by atoms with Crippen molar-refractivity contribution in [1.82, 2.24) is 14.5 Å². The molecule has 0 saturated heterocycles.